The molecule has 1 aromatic heterocycles. The summed E-state index contributed by atoms with van der Waals surface area (Å²) in [7, 11) is -2.56. The number of hydrogen-bond acceptors (Lipinski definition) is 5. The van der Waals surface area contributed by atoms with E-state index < -0.39 is 32.3 Å². The number of amides is 1. The second-order valence-corrected chi connectivity index (χ2v) is 6.41. The van der Waals surface area contributed by atoms with E-state index in [9.17, 15) is 18.0 Å². The van der Waals surface area contributed by atoms with Crippen molar-refractivity contribution in [1.82, 2.24) is 10.0 Å². The van der Waals surface area contributed by atoms with E-state index in [4.69, 9.17) is 9.52 Å². The van der Waals surface area contributed by atoms with Gasteiger partial charge in [0, 0.05) is 13.6 Å². The van der Waals surface area contributed by atoms with Gasteiger partial charge >= 0.3 is 5.97 Å². The van der Waals surface area contributed by atoms with Gasteiger partial charge in [0.1, 0.15) is 0 Å². The summed E-state index contributed by atoms with van der Waals surface area (Å²) in [5.41, 5.74) is -0.954. The standard InChI is InChI=1S/C11H16N2O6S/c1-11(2,10(16)12-3)6-13-20(17,18)8-5-4-7(19-8)9(14)15/h4-5,13H,6H2,1-3H3,(H,12,16)(H,14,15). The summed E-state index contributed by atoms with van der Waals surface area (Å²) in [6, 6.07) is 2.08. The topological polar surface area (TPSA) is 126 Å². The first-order chi connectivity index (χ1) is 9.10. The molecule has 0 unspecified atom stereocenters. The Morgan fingerprint density at radius 2 is 1.95 bits per heavy atom. The Kier molecular flexibility index (Phi) is 4.56. The van der Waals surface area contributed by atoms with Gasteiger partial charge in [-0.15, -0.1) is 0 Å². The Bertz CT molecular complexity index is 617. The van der Waals surface area contributed by atoms with Gasteiger partial charge in [-0.2, -0.15) is 0 Å². The summed E-state index contributed by atoms with van der Waals surface area (Å²) < 4.78 is 30.7. The fourth-order valence-electron chi connectivity index (χ4n) is 1.34. The molecule has 0 atom stereocenters. The number of rotatable bonds is 6. The molecule has 0 aliphatic carbocycles. The molecule has 0 aliphatic rings. The molecule has 1 rings (SSSR count). The molecular formula is C11H16N2O6S. The van der Waals surface area contributed by atoms with Crippen LogP contribution in [0.25, 0.3) is 0 Å². The summed E-state index contributed by atoms with van der Waals surface area (Å²) in [6.45, 7) is 2.98. The van der Waals surface area contributed by atoms with Crippen LogP contribution in [-0.2, 0) is 14.8 Å². The van der Waals surface area contributed by atoms with E-state index in [0.717, 1.165) is 12.1 Å². The molecule has 3 N–H and O–H groups in total. The zero-order valence-corrected chi connectivity index (χ0v) is 12.1. The number of furan rings is 1. The molecule has 0 saturated carbocycles. The third-order valence-corrected chi connectivity index (χ3v) is 3.88. The molecule has 0 fully saturated rings. The van der Waals surface area contributed by atoms with Crippen molar-refractivity contribution < 1.29 is 27.5 Å². The van der Waals surface area contributed by atoms with E-state index in [0.29, 0.717) is 0 Å². The van der Waals surface area contributed by atoms with E-state index in [1.807, 2.05) is 0 Å². The van der Waals surface area contributed by atoms with Crippen molar-refractivity contribution >= 4 is 21.9 Å². The maximum Gasteiger partial charge on any atom is 0.371 e. The lowest BCUT2D eigenvalue weighted by Gasteiger charge is -2.22. The number of carbonyl (C=O) groups is 2. The number of aromatic carboxylic acids is 1. The maximum absolute atomic E-state index is 11.9. The second-order valence-electron chi connectivity index (χ2n) is 4.71. The third kappa shape index (κ3) is 3.58. The van der Waals surface area contributed by atoms with Crippen molar-refractivity contribution in [1.29, 1.82) is 0 Å². The summed E-state index contributed by atoms with van der Waals surface area (Å²) in [5, 5.41) is 10.6. The van der Waals surface area contributed by atoms with Gasteiger partial charge in [0.05, 0.1) is 5.41 Å². The molecule has 1 amide bonds. The second kappa shape index (κ2) is 5.63. The average molecular weight is 304 g/mol. The van der Waals surface area contributed by atoms with Crippen molar-refractivity contribution in [3.63, 3.8) is 0 Å². The first kappa shape index (κ1) is 16.2. The van der Waals surface area contributed by atoms with Crippen LogP contribution in [0.4, 0.5) is 0 Å². The SMILES string of the molecule is CNC(=O)C(C)(C)CNS(=O)(=O)c1ccc(C(=O)O)o1. The van der Waals surface area contributed by atoms with E-state index in [-0.39, 0.29) is 12.5 Å². The average Bonchev–Trinajstić information content (AvgIpc) is 2.86. The largest absolute Gasteiger partial charge is 0.475 e. The zero-order valence-electron chi connectivity index (χ0n) is 11.3. The number of carboxylic acids is 1. The molecule has 0 aliphatic heterocycles. The van der Waals surface area contributed by atoms with Crippen molar-refractivity contribution in [3.8, 4) is 0 Å². The highest BCUT2D eigenvalue weighted by Crippen LogP contribution is 2.17. The van der Waals surface area contributed by atoms with Crippen molar-refractivity contribution in [2.75, 3.05) is 13.6 Å². The van der Waals surface area contributed by atoms with Crippen molar-refractivity contribution in [2.24, 2.45) is 5.41 Å². The minimum absolute atomic E-state index is 0.155. The molecule has 20 heavy (non-hydrogen) atoms. The van der Waals surface area contributed by atoms with Crippen LogP contribution in [0.1, 0.15) is 24.4 Å². The van der Waals surface area contributed by atoms with Gasteiger partial charge in [0.2, 0.25) is 16.8 Å². The monoisotopic (exact) mass is 304 g/mol. The maximum atomic E-state index is 11.9. The highest BCUT2D eigenvalue weighted by atomic mass is 32.2. The summed E-state index contributed by atoms with van der Waals surface area (Å²) in [6.07, 6.45) is 0. The molecule has 9 heteroatoms. The molecule has 1 heterocycles. The molecule has 0 saturated heterocycles. The summed E-state index contributed by atoms with van der Waals surface area (Å²) in [4.78, 5) is 22.2. The highest BCUT2D eigenvalue weighted by Gasteiger charge is 2.30. The Morgan fingerprint density at radius 3 is 2.40 bits per heavy atom. The quantitative estimate of drug-likeness (QED) is 0.680. The molecule has 1 aromatic rings. The molecular weight excluding hydrogens is 288 g/mol. The first-order valence-corrected chi connectivity index (χ1v) is 7.13. The molecule has 0 radical (unpaired) electrons. The minimum atomic E-state index is -4.01. The van der Waals surface area contributed by atoms with Crippen LogP contribution in [0.3, 0.4) is 0 Å². The molecule has 8 nitrogen and oxygen atoms in total. The molecule has 0 bridgehead atoms. The van der Waals surface area contributed by atoms with Crippen molar-refractivity contribution in [2.45, 2.75) is 18.9 Å². The van der Waals surface area contributed by atoms with Crippen LogP contribution >= 0.6 is 0 Å². The fourth-order valence-corrected chi connectivity index (χ4v) is 2.48. The first-order valence-electron chi connectivity index (χ1n) is 5.65. The smallest absolute Gasteiger partial charge is 0.371 e. The molecule has 0 aromatic carbocycles. The van der Waals surface area contributed by atoms with Crippen LogP contribution in [-0.4, -0.2) is 39.0 Å². The van der Waals surface area contributed by atoms with E-state index in [1.54, 1.807) is 13.8 Å². The van der Waals surface area contributed by atoms with Crippen molar-refractivity contribution in [3.05, 3.63) is 17.9 Å². The number of carbonyl (C=O) groups excluding carboxylic acids is 1. The van der Waals surface area contributed by atoms with E-state index in [2.05, 4.69) is 10.0 Å². The van der Waals surface area contributed by atoms with Gasteiger partial charge in [0.15, 0.2) is 0 Å². The Hall–Kier alpha value is -1.87. The summed E-state index contributed by atoms with van der Waals surface area (Å²) >= 11 is 0. The number of carboxylic acid groups (broad SMARTS) is 1. The zero-order chi connectivity index (χ0) is 15.6. The Balaban J connectivity index is 2.85. The molecule has 0 spiro atoms. The predicted molar refractivity (Wildman–Crippen MR) is 68.7 cm³/mol. The van der Waals surface area contributed by atoms with Gasteiger partial charge < -0.3 is 14.8 Å². The number of hydrogen-bond donors (Lipinski definition) is 3. The van der Waals surface area contributed by atoms with Gasteiger partial charge in [-0.25, -0.2) is 17.9 Å². The lowest BCUT2D eigenvalue weighted by atomic mass is 9.93. The summed E-state index contributed by atoms with van der Waals surface area (Å²) in [5.74, 6) is -2.17. The van der Waals surface area contributed by atoms with E-state index in [1.165, 1.54) is 7.05 Å². The fraction of sp³-hybridized carbons (Fsp3) is 0.455. The van der Waals surface area contributed by atoms with Crippen LogP contribution < -0.4 is 10.0 Å². The van der Waals surface area contributed by atoms with Gasteiger partial charge in [-0.05, 0) is 26.0 Å². The number of sulfonamides is 1. The van der Waals surface area contributed by atoms with Crippen LogP contribution in [0.5, 0.6) is 0 Å². The van der Waals surface area contributed by atoms with Gasteiger partial charge in [-0.3, -0.25) is 4.79 Å². The highest BCUT2D eigenvalue weighted by molar-refractivity contribution is 7.89. The van der Waals surface area contributed by atoms with E-state index >= 15 is 0 Å². The normalized spacial score (nSPS) is 12.2. The van der Waals surface area contributed by atoms with Crippen LogP contribution in [0.15, 0.2) is 21.6 Å². The lowest BCUT2D eigenvalue weighted by Crippen LogP contribution is -2.43. The van der Waals surface area contributed by atoms with Gasteiger partial charge in [0.25, 0.3) is 10.0 Å². The van der Waals surface area contributed by atoms with Gasteiger partial charge in [-0.1, -0.05) is 0 Å². The predicted octanol–water partition coefficient (Wildman–Crippen LogP) is 0.0283. The lowest BCUT2D eigenvalue weighted by molar-refractivity contribution is -0.128. The van der Waals surface area contributed by atoms with Crippen LogP contribution in [0.2, 0.25) is 0 Å². The molecule has 112 valence electrons. The Labute approximate surface area is 116 Å². The van der Waals surface area contributed by atoms with Crippen LogP contribution in [0, 0.1) is 5.41 Å². The Morgan fingerprint density at radius 1 is 1.35 bits per heavy atom. The number of nitrogens with one attached hydrogen (secondary N) is 2. The third-order valence-electron chi connectivity index (χ3n) is 2.60. The minimum Gasteiger partial charge on any atom is -0.475 e.